The van der Waals surface area contributed by atoms with Gasteiger partial charge in [0.1, 0.15) is 0 Å². The molecule has 2 aliphatic rings. The van der Waals surface area contributed by atoms with Gasteiger partial charge in [0, 0.05) is 19.7 Å². The largest absolute Gasteiger partial charge is 0.396 e. The van der Waals surface area contributed by atoms with E-state index >= 15 is 0 Å². The molecule has 0 amide bonds. The Hall–Kier alpha value is -1.12. The summed E-state index contributed by atoms with van der Waals surface area (Å²) in [4.78, 5) is 2.60. The van der Waals surface area contributed by atoms with Gasteiger partial charge in [-0.15, -0.1) is 0 Å². The summed E-state index contributed by atoms with van der Waals surface area (Å²) in [5, 5.41) is 8.87. The fourth-order valence-corrected chi connectivity index (χ4v) is 3.17. The van der Waals surface area contributed by atoms with Crippen LogP contribution in [0.15, 0.2) is 47.6 Å². The van der Waals surface area contributed by atoms with Crippen LogP contribution in [0.1, 0.15) is 39.5 Å². The highest BCUT2D eigenvalue weighted by Gasteiger charge is 2.17. The lowest BCUT2D eigenvalue weighted by atomic mass is 10.0. The van der Waals surface area contributed by atoms with Crippen molar-refractivity contribution in [1.82, 2.24) is 4.90 Å². The normalized spacial score (nSPS) is 23.5. The molecule has 2 aliphatic carbocycles. The van der Waals surface area contributed by atoms with Gasteiger partial charge in [-0.25, -0.2) is 0 Å². The van der Waals surface area contributed by atoms with Crippen molar-refractivity contribution in [2.45, 2.75) is 39.5 Å². The maximum Gasteiger partial charge on any atom is 0.0431 e. The monoisotopic (exact) mass is 301 g/mol. The van der Waals surface area contributed by atoms with Crippen LogP contribution in [0.5, 0.6) is 0 Å². The van der Waals surface area contributed by atoms with Crippen LogP contribution in [0, 0.1) is 11.8 Å². The molecule has 0 aliphatic heterocycles. The molecular formula is C20H31NO. The van der Waals surface area contributed by atoms with E-state index in [1.165, 1.54) is 24.0 Å². The highest BCUT2D eigenvalue weighted by Crippen LogP contribution is 2.23. The first-order valence-corrected chi connectivity index (χ1v) is 8.78. The lowest BCUT2D eigenvalue weighted by Gasteiger charge is -2.26. The molecule has 2 heteroatoms. The van der Waals surface area contributed by atoms with Gasteiger partial charge in [0.15, 0.2) is 0 Å². The zero-order chi connectivity index (χ0) is 15.8. The fraction of sp³-hybridized carbons (Fsp3) is 0.600. The van der Waals surface area contributed by atoms with Crippen LogP contribution in [-0.4, -0.2) is 36.2 Å². The van der Waals surface area contributed by atoms with Crippen molar-refractivity contribution in [1.29, 1.82) is 0 Å². The summed E-state index contributed by atoms with van der Waals surface area (Å²) in [7, 11) is 0. The Labute approximate surface area is 135 Å². The van der Waals surface area contributed by atoms with E-state index in [0.717, 1.165) is 32.5 Å². The second-order valence-electron chi connectivity index (χ2n) is 6.68. The molecule has 2 unspecified atom stereocenters. The average molecular weight is 301 g/mol. The predicted molar refractivity (Wildman–Crippen MR) is 94.8 cm³/mol. The molecule has 0 spiro atoms. The zero-order valence-electron chi connectivity index (χ0n) is 14.2. The predicted octanol–water partition coefficient (Wildman–Crippen LogP) is 4.11. The van der Waals surface area contributed by atoms with Crippen molar-refractivity contribution in [3.63, 3.8) is 0 Å². The molecule has 0 heterocycles. The van der Waals surface area contributed by atoms with Crippen molar-refractivity contribution in [3.8, 4) is 0 Å². The molecule has 0 bridgehead atoms. The Morgan fingerprint density at radius 3 is 1.86 bits per heavy atom. The van der Waals surface area contributed by atoms with Gasteiger partial charge >= 0.3 is 0 Å². The second kappa shape index (κ2) is 9.12. The standard InChI is InChI=1S/C20H31NO/c1-17-9-7-11-19(17)15-21(13-5-3-4-6-14-22)16-20-12-8-10-18(20)2/h7-12,17-18,22H,3-6,13-16H2,1-2H3. The minimum atomic E-state index is 0.329. The Balaban J connectivity index is 1.83. The second-order valence-corrected chi connectivity index (χ2v) is 6.68. The molecule has 0 fully saturated rings. The molecule has 0 radical (unpaired) electrons. The summed E-state index contributed by atoms with van der Waals surface area (Å²) in [6, 6.07) is 0. The van der Waals surface area contributed by atoms with Crippen molar-refractivity contribution in [3.05, 3.63) is 47.6 Å². The van der Waals surface area contributed by atoms with Gasteiger partial charge in [0.2, 0.25) is 0 Å². The van der Waals surface area contributed by atoms with Crippen LogP contribution in [0.2, 0.25) is 0 Å². The summed E-state index contributed by atoms with van der Waals surface area (Å²) in [6.07, 6.45) is 18.1. The third kappa shape index (κ3) is 5.26. The van der Waals surface area contributed by atoms with Gasteiger partial charge in [0.05, 0.1) is 0 Å². The molecule has 2 nitrogen and oxygen atoms in total. The Kier molecular flexibility index (Phi) is 7.14. The van der Waals surface area contributed by atoms with E-state index in [1.807, 2.05) is 0 Å². The third-order valence-corrected chi connectivity index (χ3v) is 4.78. The van der Waals surface area contributed by atoms with E-state index in [-0.39, 0.29) is 0 Å². The topological polar surface area (TPSA) is 23.5 Å². The zero-order valence-corrected chi connectivity index (χ0v) is 14.2. The highest BCUT2D eigenvalue weighted by atomic mass is 16.2. The smallest absolute Gasteiger partial charge is 0.0431 e. The average Bonchev–Trinajstić information content (AvgIpc) is 3.08. The number of aliphatic hydroxyl groups is 1. The first-order chi connectivity index (χ1) is 10.7. The fourth-order valence-electron chi connectivity index (χ4n) is 3.17. The van der Waals surface area contributed by atoms with E-state index in [2.05, 4.69) is 55.2 Å². The minimum absolute atomic E-state index is 0.329. The molecule has 2 atom stereocenters. The summed E-state index contributed by atoms with van der Waals surface area (Å²) < 4.78 is 0. The molecule has 22 heavy (non-hydrogen) atoms. The summed E-state index contributed by atoms with van der Waals surface area (Å²) >= 11 is 0. The number of allylic oxidation sites excluding steroid dienone is 6. The van der Waals surface area contributed by atoms with Crippen molar-refractivity contribution < 1.29 is 5.11 Å². The molecular weight excluding hydrogens is 270 g/mol. The Morgan fingerprint density at radius 2 is 1.41 bits per heavy atom. The highest BCUT2D eigenvalue weighted by molar-refractivity contribution is 5.30. The van der Waals surface area contributed by atoms with E-state index in [1.54, 1.807) is 0 Å². The van der Waals surface area contributed by atoms with Crippen molar-refractivity contribution in [2.24, 2.45) is 11.8 Å². The van der Waals surface area contributed by atoms with E-state index in [9.17, 15) is 0 Å². The lowest BCUT2D eigenvalue weighted by molar-refractivity contribution is 0.274. The molecule has 122 valence electrons. The van der Waals surface area contributed by atoms with Gasteiger partial charge in [0.25, 0.3) is 0 Å². The number of hydrogen-bond donors (Lipinski definition) is 1. The molecule has 0 aromatic carbocycles. The van der Waals surface area contributed by atoms with E-state index < -0.39 is 0 Å². The molecule has 1 N–H and O–H groups in total. The maximum atomic E-state index is 8.87. The van der Waals surface area contributed by atoms with Gasteiger partial charge < -0.3 is 5.11 Å². The van der Waals surface area contributed by atoms with Crippen molar-refractivity contribution >= 4 is 0 Å². The van der Waals surface area contributed by atoms with Gasteiger partial charge in [-0.2, -0.15) is 0 Å². The van der Waals surface area contributed by atoms with Crippen LogP contribution in [0.25, 0.3) is 0 Å². The van der Waals surface area contributed by atoms with Crippen molar-refractivity contribution in [2.75, 3.05) is 26.2 Å². The van der Waals surface area contributed by atoms with Crippen LogP contribution in [-0.2, 0) is 0 Å². The van der Waals surface area contributed by atoms with Gasteiger partial charge in [-0.05, 0) is 42.4 Å². The SMILES string of the molecule is CC1C=CC=C1CN(CCCCCCO)CC1=CC=CC1C. The molecule has 0 aromatic rings. The number of aliphatic hydroxyl groups excluding tert-OH is 1. The van der Waals surface area contributed by atoms with Gasteiger partial charge in [-0.3, -0.25) is 4.90 Å². The number of rotatable bonds is 10. The number of nitrogens with zero attached hydrogens (tertiary/aromatic N) is 1. The maximum absolute atomic E-state index is 8.87. The van der Waals surface area contributed by atoms with Crippen LogP contribution in [0.3, 0.4) is 0 Å². The first-order valence-electron chi connectivity index (χ1n) is 8.78. The summed E-state index contributed by atoms with van der Waals surface area (Å²) in [5.74, 6) is 1.18. The number of hydrogen-bond acceptors (Lipinski definition) is 2. The molecule has 0 saturated heterocycles. The molecule has 0 saturated carbocycles. The van der Waals surface area contributed by atoms with Gasteiger partial charge in [-0.1, -0.05) is 63.1 Å². The lowest BCUT2D eigenvalue weighted by Crippen LogP contribution is -2.31. The Morgan fingerprint density at radius 1 is 0.864 bits per heavy atom. The molecule has 2 rings (SSSR count). The summed E-state index contributed by atoms with van der Waals surface area (Å²) in [6.45, 7) is 8.22. The molecule has 0 aromatic heterocycles. The number of unbranched alkanes of at least 4 members (excludes halogenated alkanes) is 3. The first kappa shape index (κ1) is 17.2. The quantitative estimate of drug-likeness (QED) is 0.614. The van der Waals surface area contributed by atoms with Crippen LogP contribution in [0.4, 0.5) is 0 Å². The van der Waals surface area contributed by atoms with E-state index in [4.69, 9.17) is 5.11 Å². The van der Waals surface area contributed by atoms with Crippen LogP contribution >= 0.6 is 0 Å². The van der Waals surface area contributed by atoms with Crippen LogP contribution < -0.4 is 0 Å². The minimum Gasteiger partial charge on any atom is -0.396 e. The Bertz CT molecular complexity index is 422. The third-order valence-electron chi connectivity index (χ3n) is 4.78. The van der Waals surface area contributed by atoms with E-state index in [0.29, 0.717) is 18.4 Å². The summed E-state index contributed by atoms with van der Waals surface area (Å²) in [5.41, 5.74) is 3.07.